The number of nitrogens with two attached hydrogens (primary N) is 1. The van der Waals surface area contributed by atoms with Gasteiger partial charge in [0.05, 0.1) is 25.0 Å². The molecule has 17 heavy (non-hydrogen) atoms. The maximum atomic E-state index is 11.9. The fraction of sp³-hybridized carbons (Fsp3) is 0.500. The second-order valence-electron chi connectivity index (χ2n) is 4.55. The number of hydrogen-bond acceptors (Lipinski definition) is 4. The van der Waals surface area contributed by atoms with E-state index in [1.807, 2.05) is 0 Å². The lowest BCUT2D eigenvalue weighted by Gasteiger charge is -2.15. The van der Waals surface area contributed by atoms with Gasteiger partial charge in [0.1, 0.15) is 5.54 Å². The molecule has 0 saturated carbocycles. The number of anilines is 1. The van der Waals surface area contributed by atoms with Gasteiger partial charge < -0.3 is 11.1 Å². The van der Waals surface area contributed by atoms with E-state index >= 15 is 0 Å². The van der Waals surface area contributed by atoms with E-state index in [1.54, 1.807) is 24.7 Å². The van der Waals surface area contributed by atoms with Crippen LogP contribution in [0, 0.1) is 0 Å². The van der Waals surface area contributed by atoms with Crippen molar-refractivity contribution in [1.82, 2.24) is 20.0 Å². The van der Waals surface area contributed by atoms with Crippen LogP contribution in [-0.4, -0.2) is 38.7 Å². The van der Waals surface area contributed by atoms with Crippen LogP contribution in [0.2, 0.25) is 0 Å². The van der Waals surface area contributed by atoms with Crippen LogP contribution < -0.4 is 11.1 Å². The van der Waals surface area contributed by atoms with E-state index in [2.05, 4.69) is 10.4 Å². The molecular formula is C10H15N5O2. The van der Waals surface area contributed by atoms with E-state index in [0.717, 1.165) is 0 Å². The Morgan fingerprint density at radius 1 is 1.41 bits per heavy atom. The Balaban J connectivity index is 2.00. The molecule has 1 fully saturated rings. The van der Waals surface area contributed by atoms with Gasteiger partial charge in [0.15, 0.2) is 0 Å². The first kappa shape index (κ1) is 11.4. The third-order valence-electron chi connectivity index (χ3n) is 2.65. The van der Waals surface area contributed by atoms with Gasteiger partial charge in [0.2, 0.25) is 0 Å². The monoisotopic (exact) mass is 237 g/mol. The fourth-order valence-electron chi connectivity index (χ4n) is 1.73. The van der Waals surface area contributed by atoms with Crippen molar-refractivity contribution >= 4 is 17.6 Å². The number of amides is 3. The maximum Gasteiger partial charge on any atom is 0.325 e. The molecule has 0 atom stereocenters. The lowest BCUT2D eigenvalue weighted by molar-refractivity contribution is -0.130. The van der Waals surface area contributed by atoms with Gasteiger partial charge in [-0.1, -0.05) is 0 Å². The van der Waals surface area contributed by atoms with Crippen LogP contribution >= 0.6 is 0 Å². The van der Waals surface area contributed by atoms with Crippen LogP contribution in [0.5, 0.6) is 0 Å². The minimum atomic E-state index is -0.819. The molecule has 0 unspecified atom stereocenters. The Labute approximate surface area is 98.6 Å². The number of carbonyl (C=O) groups is 2. The van der Waals surface area contributed by atoms with Crippen molar-refractivity contribution in [3.05, 3.63) is 12.4 Å². The van der Waals surface area contributed by atoms with Gasteiger partial charge in [-0.25, -0.2) is 4.79 Å². The zero-order chi connectivity index (χ0) is 12.6. The number of nitrogens with one attached hydrogen (secondary N) is 1. The van der Waals surface area contributed by atoms with Gasteiger partial charge in [0.25, 0.3) is 5.91 Å². The van der Waals surface area contributed by atoms with Crippen molar-refractivity contribution in [3.63, 3.8) is 0 Å². The highest BCUT2D eigenvalue weighted by Crippen LogP contribution is 2.16. The molecule has 1 saturated heterocycles. The summed E-state index contributed by atoms with van der Waals surface area (Å²) < 4.78 is 1.60. The van der Waals surface area contributed by atoms with Crippen LogP contribution in [0.3, 0.4) is 0 Å². The number of aromatic nitrogens is 2. The van der Waals surface area contributed by atoms with E-state index in [-0.39, 0.29) is 18.5 Å². The highest BCUT2D eigenvalue weighted by Gasteiger charge is 2.43. The van der Waals surface area contributed by atoms with Gasteiger partial charge in [-0.2, -0.15) is 5.10 Å². The molecule has 1 aliphatic rings. The topological polar surface area (TPSA) is 93.2 Å². The predicted octanol–water partition coefficient (Wildman–Crippen LogP) is -0.204. The van der Waals surface area contributed by atoms with E-state index in [9.17, 15) is 9.59 Å². The van der Waals surface area contributed by atoms with Crippen LogP contribution in [-0.2, 0) is 11.3 Å². The number of urea groups is 1. The maximum absolute atomic E-state index is 11.9. The van der Waals surface area contributed by atoms with E-state index in [1.165, 1.54) is 11.1 Å². The molecule has 0 spiro atoms. The van der Waals surface area contributed by atoms with Gasteiger partial charge in [0, 0.05) is 6.20 Å². The molecular weight excluding hydrogens is 222 g/mol. The van der Waals surface area contributed by atoms with Crippen molar-refractivity contribution in [2.45, 2.75) is 25.9 Å². The summed E-state index contributed by atoms with van der Waals surface area (Å²) in [7, 11) is 0. The summed E-state index contributed by atoms with van der Waals surface area (Å²) in [4.78, 5) is 24.6. The molecule has 1 aromatic rings. The minimum Gasteiger partial charge on any atom is -0.396 e. The summed E-state index contributed by atoms with van der Waals surface area (Å²) in [5, 5.41) is 6.60. The molecule has 2 rings (SSSR count). The molecule has 0 bridgehead atoms. The lowest BCUT2D eigenvalue weighted by Crippen LogP contribution is -2.40. The first-order valence-electron chi connectivity index (χ1n) is 5.32. The molecule has 3 amide bonds. The fourth-order valence-corrected chi connectivity index (χ4v) is 1.73. The van der Waals surface area contributed by atoms with Crippen molar-refractivity contribution in [2.24, 2.45) is 0 Å². The van der Waals surface area contributed by atoms with Gasteiger partial charge in [-0.15, -0.1) is 0 Å². The summed E-state index contributed by atoms with van der Waals surface area (Å²) >= 11 is 0. The Hall–Kier alpha value is -2.05. The summed E-state index contributed by atoms with van der Waals surface area (Å²) in [6.07, 6.45) is 3.18. The van der Waals surface area contributed by atoms with Crippen LogP contribution in [0.1, 0.15) is 13.8 Å². The SMILES string of the molecule is CC1(C)NC(=O)N(CCn2cc(N)cn2)C1=O. The normalized spacial score (nSPS) is 18.6. The first-order chi connectivity index (χ1) is 7.90. The standard InChI is InChI=1S/C10H15N5O2/c1-10(2)8(16)15(9(17)13-10)4-3-14-6-7(11)5-12-14/h5-6H,3-4,11H2,1-2H3,(H,13,17). The van der Waals surface area contributed by atoms with Crippen LogP contribution in [0.25, 0.3) is 0 Å². The first-order valence-corrected chi connectivity index (χ1v) is 5.32. The Morgan fingerprint density at radius 2 is 2.12 bits per heavy atom. The summed E-state index contributed by atoms with van der Waals surface area (Å²) in [6, 6.07) is -0.361. The summed E-state index contributed by atoms with van der Waals surface area (Å²) in [6.45, 7) is 4.08. The number of nitrogens with zero attached hydrogens (tertiary/aromatic N) is 3. The molecule has 7 heteroatoms. The molecule has 1 aromatic heterocycles. The largest absolute Gasteiger partial charge is 0.396 e. The van der Waals surface area contributed by atoms with Crippen molar-refractivity contribution in [1.29, 1.82) is 0 Å². The number of nitrogen functional groups attached to an aromatic ring is 1. The average Bonchev–Trinajstić information content (AvgIpc) is 2.70. The molecule has 2 heterocycles. The van der Waals surface area contributed by atoms with E-state index in [0.29, 0.717) is 12.2 Å². The van der Waals surface area contributed by atoms with Gasteiger partial charge in [-0.05, 0) is 13.8 Å². The Kier molecular flexibility index (Phi) is 2.53. The quantitative estimate of drug-likeness (QED) is 0.712. The second-order valence-corrected chi connectivity index (χ2v) is 4.55. The van der Waals surface area contributed by atoms with Crippen molar-refractivity contribution < 1.29 is 9.59 Å². The van der Waals surface area contributed by atoms with E-state index < -0.39 is 5.54 Å². The summed E-state index contributed by atoms with van der Waals surface area (Å²) in [5.74, 6) is -0.220. The highest BCUT2D eigenvalue weighted by molar-refractivity contribution is 6.06. The molecule has 0 aliphatic carbocycles. The molecule has 0 aromatic carbocycles. The van der Waals surface area contributed by atoms with Crippen molar-refractivity contribution in [2.75, 3.05) is 12.3 Å². The Morgan fingerprint density at radius 3 is 2.59 bits per heavy atom. The van der Waals surface area contributed by atoms with Crippen LogP contribution in [0.15, 0.2) is 12.4 Å². The molecule has 3 N–H and O–H groups in total. The predicted molar refractivity (Wildman–Crippen MR) is 61.0 cm³/mol. The highest BCUT2D eigenvalue weighted by atomic mass is 16.2. The van der Waals surface area contributed by atoms with E-state index in [4.69, 9.17) is 5.73 Å². The Bertz CT molecular complexity index is 465. The number of imide groups is 1. The number of carbonyl (C=O) groups excluding carboxylic acids is 2. The number of hydrogen-bond donors (Lipinski definition) is 2. The zero-order valence-electron chi connectivity index (χ0n) is 9.80. The third kappa shape index (κ3) is 2.08. The molecule has 92 valence electrons. The number of rotatable bonds is 3. The van der Waals surface area contributed by atoms with Crippen LogP contribution in [0.4, 0.5) is 10.5 Å². The minimum absolute atomic E-state index is 0.220. The second kappa shape index (κ2) is 3.76. The van der Waals surface area contributed by atoms with Gasteiger partial charge in [-0.3, -0.25) is 14.4 Å². The third-order valence-corrected chi connectivity index (χ3v) is 2.65. The van der Waals surface area contributed by atoms with Gasteiger partial charge >= 0.3 is 6.03 Å². The molecule has 0 radical (unpaired) electrons. The zero-order valence-corrected chi connectivity index (χ0v) is 9.80. The summed E-state index contributed by atoms with van der Waals surface area (Å²) in [5.41, 5.74) is 5.26. The van der Waals surface area contributed by atoms with Crippen molar-refractivity contribution in [3.8, 4) is 0 Å². The average molecular weight is 237 g/mol. The smallest absolute Gasteiger partial charge is 0.325 e. The lowest BCUT2D eigenvalue weighted by atomic mass is 10.1. The molecule has 7 nitrogen and oxygen atoms in total. The molecule has 1 aliphatic heterocycles.